The summed E-state index contributed by atoms with van der Waals surface area (Å²) in [7, 11) is 0. The number of fused-ring (bicyclic) bond motifs is 2. The minimum absolute atomic E-state index is 0.501. The van der Waals surface area contributed by atoms with Crippen LogP contribution in [-0.2, 0) is 0 Å². The summed E-state index contributed by atoms with van der Waals surface area (Å²) in [5.74, 6) is 2.68. The fourth-order valence-electron chi connectivity index (χ4n) is 8.73. The number of thiophene rings is 2. The van der Waals surface area contributed by atoms with Gasteiger partial charge < -0.3 is 9.47 Å². The van der Waals surface area contributed by atoms with Crippen molar-refractivity contribution in [1.82, 2.24) is 0 Å². The SMILES string of the molecule is CCCCCCCCCCC(CCCCCCCC)COc1c2cc(C=O)sc2c(OCC(CCCCCCCC)CCCCCCCCCC)c2cc(C=O)sc12. The van der Waals surface area contributed by atoms with Gasteiger partial charge in [0.05, 0.1) is 32.4 Å². The lowest BCUT2D eigenvalue weighted by atomic mass is 9.94. The number of ether oxygens (including phenoxy) is 2. The molecular formula is C52H86O4S2. The lowest BCUT2D eigenvalue weighted by molar-refractivity contribution is 0.111. The summed E-state index contributed by atoms with van der Waals surface area (Å²) in [5, 5.41) is 1.93. The van der Waals surface area contributed by atoms with Crippen LogP contribution in [0.5, 0.6) is 11.5 Å². The lowest BCUT2D eigenvalue weighted by Gasteiger charge is -2.21. The van der Waals surface area contributed by atoms with Crippen molar-refractivity contribution in [2.75, 3.05) is 13.2 Å². The second kappa shape index (κ2) is 32.8. The molecule has 0 fully saturated rings. The zero-order chi connectivity index (χ0) is 41.5. The average Bonchev–Trinajstić information content (AvgIpc) is 3.88. The van der Waals surface area contributed by atoms with Gasteiger partial charge in [-0.05, 0) is 49.7 Å². The monoisotopic (exact) mass is 839 g/mol. The van der Waals surface area contributed by atoms with Crippen LogP contribution in [-0.4, -0.2) is 25.8 Å². The third-order valence-corrected chi connectivity index (χ3v) is 14.5. The van der Waals surface area contributed by atoms with E-state index in [1.807, 2.05) is 12.1 Å². The maximum absolute atomic E-state index is 12.3. The summed E-state index contributed by atoms with van der Waals surface area (Å²) in [6, 6.07) is 4.01. The number of hydrogen-bond acceptors (Lipinski definition) is 6. The Kier molecular flexibility index (Phi) is 28.5. The number of carbonyl (C=O) groups is 2. The quantitative estimate of drug-likeness (QED) is 0.0423. The minimum Gasteiger partial charge on any atom is -0.491 e. The molecule has 0 spiro atoms. The van der Waals surface area contributed by atoms with Gasteiger partial charge in [0.25, 0.3) is 0 Å². The summed E-state index contributed by atoms with van der Waals surface area (Å²) >= 11 is 3.02. The Hall–Kier alpha value is -1.92. The van der Waals surface area contributed by atoms with Gasteiger partial charge in [0.1, 0.15) is 11.5 Å². The molecule has 2 atom stereocenters. The van der Waals surface area contributed by atoms with E-state index in [4.69, 9.17) is 9.47 Å². The van der Waals surface area contributed by atoms with Crippen molar-refractivity contribution in [3.63, 3.8) is 0 Å². The van der Waals surface area contributed by atoms with Crippen LogP contribution in [0.3, 0.4) is 0 Å². The van der Waals surface area contributed by atoms with Crippen molar-refractivity contribution in [2.45, 2.75) is 233 Å². The molecule has 4 nitrogen and oxygen atoms in total. The number of aldehydes is 2. The predicted octanol–water partition coefficient (Wildman–Crippen LogP) is 18.3. The first-order valence-electron chi connectivity index (χ1n) is 24.8. The number of unbranched alkanes of at least 4 members (excludes halogenated alkanes) is 24. The van der Waals surface area contributed by atoms with Gasteiger partial charge in [-0.15, -0.1) is 22.7 Å². The van der Waals surface area contributed by atoms with E-state index in [1.54, 1.807) is 0 Å². The molecule has 0 saturated heterocycles. The average molecular weight is 839 g/mol. The fraction of sp³-hybridized carbons (Fsp3) is 0.769. The molecule has 3 rings (SSSR count). The van der Waals surface area contributed by atoms with Gasteiger partial charge in [0.2, 0.25) is 0 Å². The summed E-state index contributed by atoms with van der Waals surface area (Å²) in [5.41, 5.74) is 0. The molecule has 6 heteroatoms. The molecule has 0 radical (unpaired) electrons. The predicted molar refractivity (Wildman–Crippen MR) is 256 cm³/mol. The van der Waals surface area contributed by atoms with E-state index >= 15 is 0 Å². The molecule has 3 aromatic rings. The van der Waals surface area contributed by atoms with Crippen molar-refractivity contribution < 1.29 is 19.1 Å². The van der Waals surface area contributed by atoms with Crippen LogP contribution >= 0.6 is 22.7 Å². The number of rotatable bonds is 40. The Morgan fingerprint density at radius 2 is 0.672 bits per heavy atom. The maximum atomic E-state index is 12.3. The van der Waals surface area contributed by atoms with Gasteiger partial charge in [-0.1, -0.05) is 207 Å². The van der Waals surface area contributed by atoms with E-state index in [1.165, 1.54) is 228 Å². The molecule has 0 bridgehead atoms. The van der Waals surface area contributed by atoms with Crippen LogP contribution in [0.15, 0.2) is 12.1 Å². The van der Waals surface area contributed by atoms with E-state index in [0.29, 0.717) is 34.8 Å². The van der Waals surface area contributed by atoms with Crippen molar-refractivity contribution in [1.29, 1.82) is 0 Å². The molecule has 2 unspecified atom stereocenters. The van der Waals surface area contributed by atoms with E-state index in [0.717, 1.165) is 44.2 Å². The van der Waals surface area contributed by atoms with Crippen molar-refractivity contribution in [3.05, 3.63) is 21.9 Å². The number of carbonyl (C=O) groups excluding carboxylic acids is 2. The smallest absolute Gasteiger partial charge is 0.160 e. The highest BCUT2D eigenvalue weighted by atomic mass is 32.1. The van der Waals surface area contributed by atoms with Crippen LogP contribution in [0.25, 0.3) is 20.2 Å². The highest BCUT2D eigenvalue weighted by molar-refractivity contribution is 7.23. The zero-order valence-corrected chi connectivity index (χ0v) is 39.6. The second-order valence-electron chi connectivity index (χ2n) is 17.7. The summed E-state index contributed by atoms with van der Waals surface area (Å²) in [4.78, 5) is 25.9. The highest BCUT2D eigenvalue weighted by Crippen LogP contribution is 2.49. The van der Waals surface area contributed by atoms with Gasteiger partial charge in [-0.2, -0.15) is 0 Å². The lowest BCUT2D eigenvalue weighted by Crippen LogP contribution is -2.14. The third-order valence-electron chi connectivity index (χ3n) is 12.4. The fourth-order valence-corrected chi connectivity index (χ4v) is 10.7. The van der Waals surface area contributed by atoms with Gasteiger partial charge in [0, 0.05) is 10.8 Å². The van der Waals surface area contributed by atoms with Crippen molar-refractivity contribution in [3.8, 4) is 11.5 Å². The third kappa shape index (κ3) is 19.6. The second-order valence-corrected chi connectivity index (χ2v) is 19.8. The molecule has 2 aromatic heterocycles. The van der Waals surface area contributed by atoms with Crippen molar-refractivity contribution in [2.24, 2.45) is 11.8 Å². The molecule has 58 heavy (non-hydrogen) atoms. The zero-order valence-electron chi connectivity index (χ0n) is 38.0. The first-order valence-corrected chi connectivity index (χ1v) is 26.4. The Bertz CT molecular complexity index is 1310. The molecule has 330 valence electrons. The Balaban J connectivity index is 1.78. The summed E-state index contributed by atoms with van der Waals surface area (Å²) in [6.07, 6.45) is 43.8. The highest BCUT2D eigenvalue weighted by Gasteiger charge is 2.24. The maximum Gasteiger partial charge on any atom is 0.160 e. The number of benzene rings is 1. The molecule has 0 aliphatic rings. The van der Waals surface area contributed by atoms with Crippen LogP contribution in [0, 0.1) is 11.8 Å². The standard InChI is InChI=1S/C52H86O4S2/c1-5-9-13-17-21-23-27-31-35-43(33-29-25-19-15-11-7-3)41-55-49-47-37-45(39-53)58-52(47)50(48-38-46(40-54)57-51(48)49)56-42-44(34-30-26-20-16-12-8-4)36-32-28-24-22-18-14-10-6-2/h37-40,43-44H,5-36,41-42H2,1-4H3. The Morgan fingerprint density at radius 1 is 0.414 bits per heavy atom. The first-order chi connectivity index (χ1) is 28.6. The molecule has 0 amide bonds. The van der Waals surface area contributed by atoms with E-state index < -0.39 is 0 Å². The van der Waals surface area contributed by atoms with Gasteiger partial charge in [0.15, 0.2) is 12.6 Å². The first kappa shape index (κ1) is 50.4. The molecule has 2 heterocycles. The number of hydrogen-bond donors (Lipinski definition) is 0. The van der Waals surface area contributed by atoms with Crippen LogP contribution < -0.4 is 9.47 Å². The molecule has 1 aromatic carbocycles. The Morgan fingerprint density at radius 3 is 0.931 bits per heavy atom. The molecule has 0 saturated carbocycles. The minimum atomic E-state index is 0.501. The van der Waals surface area contributed by atoms with Gasteiger partial charge in [-0.25, -0.2) is 0 Å². The summed E-state index contributed by atoms with van der Waals surface area (Å²) < 4.78 is 15.9. The van der Waals surface area contributed by atoms with E-state index in [-0.39, 0.29) is 0 Å². The topological polar surface area (TPSA) is 52.6 Å². The largest absolute Gasteiger partial charge is 0.491 e. The van der Waals surface area contributed by atoms with Crippen LogP contribution in [0.4, 0.5) is 0 Å². The van der Waals surface area contributed by atoms with E-state index in [2.05, 4.69) is 27.7 Å². The molecule has 0 N–H and O–H groups in total. The summed E-state index contributed by atoms with van der Waals surface area (Å²) in [6.45, 7) is 10.5. The molecule has 0 aliphatic heterocycles. The molecule has 0 aliphatic carbocycles. The van der Waals surface area contributed by atoms with Gasteiger partial charge in [-0.3, -0.25) is 9.59 Å². The van der Waals surface area contributed by atoms with Crippen molar-refractivity contribution >= 4 is 55.4 Å². The van der Waals surface area contributed by atoms with E-state index in [9.17, 15) is 9.59 Å². The Labute approximate surface area is 364 Å². The normalized spacial score (nSPS) is 12.8. The van der Waals surface area contributed by atoms with Gasteiger partial charge >= 0.3 is 0 Å². The molecular weight excluding hydrogens is 753 g/mol. The van der Waals surface area contributed by atoms with Crippen LogP contribution in [0.1, 0.15) is 253 Å². The van der Waals surface area contributed by atoms with Crippen LogP contribution in [0.2, 0.25) is 0 Å².